The number of rotatable bonds is 2. The summed E-state index contributed by atoms with van der Waals surface area (Å²) < 4.78 is 7.64. The second kappa shape index (κ2) is 5.17. The molecule has 114 valence electrons. The van der Waals surface area contributed by atoms with Gasteiger partial charge in [-0.1, -0.05) is 41.2 Å². The van der Waals surface area contributed by atoms with E-state index in [4.69, 9.17) is 4.42 Å². The zero-order valence-corrected chi connectivity index (χ0v) is 13.4. The molecule has 6 heteroatoms. The zero-order valence-electron chi connectivity index (χ0n) is 12.6. The molecule has 0 aliphatic carbocycles. The summed E-state index contributed by atoms with van der Waals surface area (Å²) in [6, 6.07) is 11.6. The summed E-state index contributed by atoms with van der Waals surface area (Å²) in [6.07, 6.45) is 1.74. The van der Waals surface area contributed by atoms with Crippen LogP contribution in [0, 0.1) is 13.8 Å². The van der Waals surface area contributed by atoms with Crippen molar-refractivity contribution in [3.8, 4) is 11.4 Å². The van der Waals surface area contributed by atoms with Crippen LogP contribution in [0.1, 0.15) is 17.1 Å². The van der Waals surface area contributed by atoms with Crippen LogP contribution in [0.15, 0.2) is 45.6 Å². The molecule has 0 atom stereocenters. The van der Waals surface area contributed by atoms with Gasteiger partial charge in [-0.05, 0) is 26.0 Å². The molecule has 0 aliphatic heterocycles. The summed E-state index contributed by atoms with van der Waals surface area (Å²) in [5.41, 5.74) is 1.91. The van der Waals surface area contributed by atoms with E-state index < -0.39 is 0 Å². The Morgan fingerprint density at radius 1 is 1.09 bits per heavy atom. The van der Waals surface area contributed by atoms with Crippen molar-refractivity contribution in [2.24, 2.45) is 0 Å². The van der Waals surface area contributed by atoms with Crippen molar-refractivity contribution < 1.29 is 4.42 Å². The van der Waals surface area contributed by atoms with Gasteiger partial charge in [0.05, 0.1) is 0 Å². The molecule has 1 aromatic carbocycles. The van der Waals surface area contributed by atoms with E-state index in [1.807, 2.05) is 50.2 Å². The van der Waals surface area contributed by atoms with E-state index in [2.05, 4.69) is 10.2 Å². The van der Waals surface area contributed by atoms with Crippen LogP contribution in [0.3, 0.4) is 0 Å². The molecule has 4 aromatic rings. The number of aryl methyl sites for hydroxylation is 2. The molecule has 0 bridgehead atoms. The van der Waals surface area contributed by atoms with Crippen LogP contribution in [-0.4, -0.2) is 14.6 Å². The Labute approximate surface area is 135 Å². The van der Waals surface area contributed by atoms with Gasteiger partial charge in [0.2, 0.25) is 4.96 Å². The normalized spacial score (nSPS) is 12.3. The van der Waals surface area contributed by atoms with E-state index >= 15 is 0 Å². The van der Waals surface area contributed by atoms with Crippen LogP contribution >= 0.6 is 11.3 Å². The van der Waals surface area contributed by atoms with Crippen molar-refractivity contribution in [1.29, 1.82) is 0 Å². The van der Waals surface area contributed by atoms with Gasteiger partial charge in [0, 0.05) is 11.6 Å². The topological polar surface area (TPSA) is 60.4 Å². The molecule has 5 nitrogen and oxygen atoms in total. The van der Waals surface area contributed by atoms with E-state index in [1.54, 1.807) is 10.5 Å². The Balaban J connectivity index is 1.91. The Morgan fingerprint density at radius 2 is 1.87 bits per heavy atom. The SMILES string of the molecule is Cc1ccc(-c2nnc3s/c(=C/c4ccc(C)o4)c(=O)n23)cc1. The molecule has 0 aliphatic rings. The molecule has 23 heavy (non-hydrogen) atoms. The molecule has 0 spiro atoms. The molecule has 0 fully saturated rings. The number of thiazole rings is 1. The molecule has 3 heterocycles. The van der Waals surface area contributed by atoms with Gasteiger partial charge in [-0.15, -0.1) is 10.2 Å². The minimum Gasteiger partial charge on any atom is -0.462 e. The van der Waals surface area contributed by atoms with Crippen LogP contribution in [0.4, 0.5) is 0 Å². The molecule has 0 saturated heterocycles. The Bertz CT molecular complexity index is 1100. The van der Waals surface area contributed by atoms with Crippen molar-refractivity contribution in [1.82, 2.24) is 14.6 Å². The monoisotopic (exact) mass is 323 g/mol. The number of aromatic nitrogens is 3. The highest BCUT2D eigenvalue weighted by molar-refractivity contribution is 7.15. The van der Waals surface area contributed by atoms with Crippen LogP contribution in [0.25, 0.3) is 22.4 Å². The highest BCUT2D eigenvalue weighted by Gasteiger charge is 2.14. The van der Waals surface area contributed by atoms with Gasteiger partial charge in [0.1, 0.15) is 16.1 Å². The molecule has 0 amide bonds. The predicted octanol–water partition coefficient (Wildman–Crippen LogP) is 2.58. The number of hydrogen-bond donors (Lipinski definition) is 0. The highest BCUT2D eigenvalue weighted by atomic mass is 32.1. The molecule has 4 rings (SSSR count). The lowest BCUT2D eigenvalue weighted by molar-refractivity contribution is 0.525. The van der Waals surface area contributed by atoms with Gasteiger partial charge in [-0.3, -0.25) is 4.79 Å². The smallest absolute Gasteiger partial charge is 0.276 e. The summed E-state index contributed by atoms with van der Waals surface area (Å²) in [5, 5.41) is 8.28. The summed E-state index contributed by atoms with van der Waals surface area (Å²) in [6.45, 7) is 3.89. The van der Waals surface area contributed by atoms with Crippen LogP contribution < -0.4 is 10.1 Å². The number of nitrogens with zero attached hydrogens (tertiary/aromatic N) is 3. The fraction of sp³-hybridized carbons (Fsp3) is 0.118. The fourth-order valence-corrected chi connectivity index (χ4v) is 3.31. The average molecular weight is 323 g/mol. The van der Waals surface area contributed by atoms with Gasteiger partial charge in [-0.2, -0.15) is 0 Å². The van der Waals surface area contributed by atoms with Gasteiger partial charge in [0.15, 0.2) is 5.82 Å². The van der Waals surface area contributed by atoms with Gasteiger partial charge in [-0.25, -0.2) is 4.40 Å². The third-order valence-corrected chi connectivity index (χ3v) is 4.55. The maximum atomic E-state index is 12.7. The first kappa shape index (κ1) is 13.9. The maximum Gasteiger partial charge on any atom is 0.276 e. The Hall–Kier alpha value is -2.73. The van der Waals surface area contributed by atoms with E-state index in [0.717, 1.165) is 16.9 Å². The fourth-order valence-electron chi connectivity index (χ4n) is 2.41. The molecule has 0 radical (unpaired) electrons. The van der Waals surface area contributed by atoms with Crippen LogP contribution in [0.2, 0.25) is 0 Å². The van der Waals surface area contributed by atoms with Crippen molar-refractivity contribution in [2.45, 2.75) is 13.8 Å². The van der Waals surface area contributed by atoms with E-state index in [-0.39, 0.29) is 5.56 Å². The standard InChI is InChI=1S/C17H13N3O2S/c1-10-3-6-12(7-4-10)15-18-19-17-20(15)16(21)14(23-17)9-13-8-5-11(2)22-13/h3-9H,1-2H3/b14-9+. The zero-order chi connectivity index (χ0) is 16.0. The average Bonchev–Trinajstić information content (AvgIpc) is 3.20. The largest absolute Gasteiger partial charge is 0.462 e. The second-order valence-electron chi connectivity index (χ2n) is 5.37. The Morgan fingerprint density at radius 3 is 2.57 bits per heavy atom. The number of fused-ring (bicyclic) bond motifs is 1. The molecule has 0 saturated carbocycles. The summed E-state index contributed by atoms with van der Waals surface area (Å²) in [4.78, 5) is 13.3. The van der Waals surface area contributed by atoms with E-state index in [9.17, 15) is 4.79 Å². The lowest BCUT2D eigenvalue weighted by Gasteiger charge is -1.97. The van der Waals surface area contributed by atoms with E-state index in [0.29, 0.717) is 21.1 Å². The number of hydrogen-bond acceptors (Lipinski definition) is 5. The van der Waals surface area contributed by atoms with Gasteiger partial charge < -0.3 is 4.42 Å². The van der Waals surface area contributed by atoms with Crippen LogP contribution in [0.5, 0.6) is 0 Å². The quantitative estimate of drug-likeness (QED) is 0.569. The number of furan rings is 1. The third kappa shape index (κ3) is 2.37. The van der Waals surface area contributed by atoms with Crippen molar-refractivity contribution in [3.05, 3.63) is 68.4 Å². The minimum absolute atomic E-state index is 0.125. The summed E-state index contributed by atoms with van der Waals surface area (Å²) >= 11 is 1.31. The van der Waals surface area contributed by atoms with E-state index in [1.165, 1.54) is 11.3 Å². The third-order valence-electron chi connectivity index (χ3n) is 3.59. The first-order valence-electron chi connectivity index (χ1n) is 7.15. The minimum atomic E-state index is -0.125. The van der Waals surface area contributed by atoms with Gasteiger partial charge in [0.25, 0.3) is 5.56 Å². The summed E-state index contributed by atoms with van der Waals surface area (Å²) in [5.74, 6) is 2.04. The van der Waals surface area contributed by atoms with Gasteiger partial charge >= 0.3 is 0 Å². The first-order valence-corrected chi connectivity index (χ1v) is 7.96. The second-order valence-corrected chi connectivity index (χ2v) is 6.38. The lowest BCUT2D eigenvalue weighted by atomic mass is 10.1. The molecular formula is C17H13N3O2S. The molecular weight excluding hydrogens is 310 g/mol. The van der Waals surface area contributed by atoms with Crippen molar-refractivity contribution in [2.75, 3.05) is 0 Å². The van der Waals surface area contributed by atoms with Crippen molar-refractivity contribution >= 4 is 22.4 Å². The van der Waals surface area contributed by atoms with Crippen LogP contribution in [-0.2, 0) is 0 Å². The predicted molar refractivity (Wildman–Crippen MR) is 89.5 cm³/mol. The molecule has 0 unspecified atom stereocenters. The highest BCUT2D eigenvalue weighted by Crippen LogP contribution is 2.18. The molecule has 0 N–H and O–H groups in total. The lowest BCUT2D eigenvalue weighted by Crippen LogP contribution is -2.23. The first-order chi connectivity index (χ1) is 11.1. The maximum absolute atomic E-state index is 12.7. The van der Waals surface area contributed by atoms with Crippen molar-refractivity contribution in [3.63, 3.8) is 0 Å². The number of benzene rings is 1. The molecule has 3 aromatic heterocycles. The Kier molecular flexibility index (Phi) is 3.12. The summed E-state index contributed by atoms with van der Waals surface area (Å²) in [7, 11) is 0.